The van der Waals surface area contributed by atoms with Gasteiger partial charge in [-0.3, -0.25) is 9.59 Å². The van der Waals surface area contributed by atoms with Gasteiger partial charge in [-0.05, 0) is 12.1 Å². The summed E-state index contributed by atoms with van der Waals surface area (Å²) < 4.78 is 26.3. The van der Waals surface area contributed by atoms with Crippen LogP contribution >= 0.6 is 0 Å². The fraction of sp³-hybridized carbons (Fsp3) is 0.0909. The minimum Gasteiger partial charge on any atom is -0.481 e. The number of hydrogen-bond donors (Lipinski definition) is 1. The van der Waals surface area contributed by atoms with Gasteiger partial charge in [-0.25, -0.2) is 8.78 Å². The number of carboxylic acids is 1. The van der Waals surface area contributed by atoms with Crippen LogP contribution < -0.4 is 0 Å². The summed E-state index contributed by atoms with van der Waals surface area (Å²) in [7, 11) is 0. The molecule has 0 aliphatic heterocycles. The third kappa shape index (κ3) is 2.98. The highest BCUT2D eigenvalue weighted by molar-refractivity contribution is 5.76. The van der Waals surface area contributed by atoms with Crippen molar-refractivity contribution in [3.63, 3.8) is 0 Å². The van der Waals surface area contributed by atoms with E-state index in [1.165, 1.54) is 6.08 Å². The molecule has 0 heterocycles. The molecule has 0 amide bonds. The summed E-state index contributed by atoms with van der Waals surface area (Å²) in [5, 5.41) is 8.33. The summed E-state index contributed by atoms with van der Waals surface area (Å²) >= 11 is 0. The summed E-state index contributed by atoms with van der Waals surface area (Å²) in [6.07, 6.45) is 2.28. The first-order valence-electron chi connectivity index (χ1n) is 4.37. The van der Waals surface area contributed by atoms with E-state index < -0.39 is 17.6 Å². The van der Waals surface area contributed by atoms with Crippen molar-refractivity contribution in [2.24, 2.45) is 0 Å². The SMILES string of the molecule is O=Cc1cc(F)c(C=CCC(=O)O)cc1F. The number of carbonyl (C=O) groups is 2. The molecule has 0 saturated carbocycles. The lowest BCUT2D eigenvalue weighted by Crippen LogP contribution is -1.93. The molecule has 16 heavy (non-hydrogen) atoms. The van der Waals surface area contributed by atoms with Crippen LogP contribution in [0.25, 0.3) is 6.08 Å². The summed E-state index contributed by atoms with van der Waals surface area (Å²) in [4.78, 5) is 20.5. The average Bonchev–Trinajstić information content (AvgIpc) is 2.22. The molecule has 0 spiro atoms. The zero-order valence-electron chi connectivity index (χ0n) is 8.11. The van der Waals surface area contributed by atoms with Crippen molar-refractivity contribution in [2.45, 2.75) is 6.42 Å². The van der Waals surface area contributed by atoms with Gasteiger partial charge in [0, 0.05) is 5.56 Å². The van der Waals surface area contributed by atoms with E-state index >= 15 is 0 Å². The second-order valence-electron chi connectivity index (χ2n) is 3.01. The van der Waals surface area contributed by atoms with Gasteiger partial charge in [0.05, 0.1) is 12.0 Å². The maximum Gasteiger partial charge on any atom is 0.307 e. The lowest BCUT2D eigenvalue weighted by atomic mass is 10.1. The van der Waals surface area contributed by atoms with Crippen LogP contribution in [0.15, 0.2) is 18.2 Å². The molecule has 5 heteroatoms. The van der Waals surface area contributed by atoms with Gasteiger partial charge in [0.25, 0.3) is 0 Å². The smallest absolute Gasteiger partial charge is 0.307 e. The molecule has 0 aliphatic carbocycles. The van der Waals surface area contributed by atoms with Crippen LogP contribution in [0.5, 0.6) is 0 Å². The van der Waals surface area contributed by atoms with Crippen LogP contribution in [-0.4, -0.2) is 17.4 Å². The molecule has 1 rings (SSSR count). The van der Waals surface area contributed by atoms with Crippen LogP contribution in [0.2, 0.25) is 0 Å². The van der Waals surface area contributed by atoms with Crippen LogP contribution in [0, 0.1) is 11.6 Å². The number of hydrogen-bond acceptors (Lipinski definition) is 2. The third-order valence-electron chi connectivity index (χ3n) is 1.83. The number of rotatable bonds is 4. The Labute approximate surface area is 90.0 Å². The summed E-state index contributed by atoms with van der Waals surface area (Å²) in [5.41, 5.74) is -0.461. The molecule has 0 fully saturated rings. The van der Waals surface area contributed by atoms with Crippen molar-refractivity contribution in [2.75, 3.05) is 0 Å². The van der Waals surface area contributed by atoms with Gasteiger partial charge < -0.3 is 5.11 Å². The zero-order chi connectivity index (χ0) is 12.1. The first-order valence-corrected chi connectivity index (χ1v) is 4.37. The first-order chi connectivity index (χ1) is 7.54. The van der Waals surface area contributed by atoms with Crippen molar-refractivity contribution >= 4 is 18.3 Å². The minimum atomic E-state index is -1.07. The Hall–Kier alpha value is -2.04. The van der Waals surface area contributed by atoms with Crippen LogP contribution in [0.1, 0.15) is 22.3 Å². The van der Waals surface area contributed by atoms with Crippen molar-refractivity contribution in [3.8, 4) is 0 Å². The van der Waals surface area contributed by atoms with E-state index in [1.54, 1.807) is 0 Å². The molecular weight excluding hydrogens is 218 g/mol. The van der Waals surface area contributed by atoms with Crippen molar-refractivity contribution in [1.82, 2.24) is 0 Å². The van der Waals surface area contributed by atoms with Gasteiger partial charge >= 0.3 is 5.97 Å². The van der Waals surface area contributed by atoms with Crippen LogP contribution in [-0.2, 0) is 4.79 Å². The summed E-state index contributed by atoms with van der Waals surface area (Å²) in [5.74, 6) is -2.68. The normalized spacial score (nSPS) is 10.6. The van der Waals surface area contributed by atoms with E-state index in [0.29, 0.717) is 0 Å². The Morgan fingerprint density at radius 2 is 1.81 bits per heavy atom. The second-order valence-corrected chi connectivity index (χ2v) is 3.01. The molecule has 0 radical (unpaired) electrons. The Bertz CT molecular complexity index is 453. The van der Waals surface area contributed by atoms with Gasteiger partial charge in [-0.1, -0.05) is 12.2 Å². The molecule has 84 valence electrons. The monoisotopic (exact) mass is 226 g/mol. The highest BCUT2D eigenvalue weighted by Crippen LogP contribution is 2.15. The molecule has 0 saturated heterocycles. The number of aldehydes is 1. The number of aliphatic carboxylic acids is 1. The van der Waals surface area contributed by atoms with Gasteiger partial charge in [0.1, 0.15) is 11.6 Å². The fourth-order valence-electron chi connectivity index (χ4n) is 1.08. The first kappa shape index (κ1) is 12.0. The van der Waals surface area contributed by atoms with E-state index in [0.717, 1.165) is 18.2 Å². The summed E-state index contributed by atoms with van der Waals surface area (Å²) in [6.45, 7) is 0. The van der Waals surface area contributed by atoms with E-state index in [-0.39, 0.29) is 23.8 Å². The number of carbonyl (C=O) groups excluding carboxylic acids is 1. The molecule has 1 aromatic rings. The Kier molecular flexibility index (Phi) is 3.88. The fourth-order valence-corrected chi connectivity index (χ4v) is 1.08. The minimum absolute atomic E-state index is 0.0932. The standard InChI is InChI=1S/C11H8F2O3/c12-9-5-8(6-14)10(13)4-7(9)2-1-3-11(15)16/h1-2,4-6H,3H2,(H,15,16). The molecule has 0 bridgehead atoms. The number of benzene rings is 1. The predicted octanol–water partition coefficient (Wildman–Crippen LogP) is 2.27. The predicted molar refractivity (Wildman–Crippen MR) is 53.0 cm³/mol. The second kappa shape index (κ2) is 5.16. The quantitative estimate of drug-likeness (QED) is 0.801. The molecule has 0 aliphatic rings. The number of halogens is 2. The molecule has 0 aromatic heterocycles. The largest absolute Gasteiger partial charge is 0.481 e. The lowest BCUT2D eigenvalue weighted by molar-refractivity contribution is -0.135. The van der Waals surface area contributed by atoms with Crippen LogP contribution in [0.4, 0.5) is 8.78 Å². The van der Waals surface area contributed by atoms with Gasteiger partial charge in [0.15, 0.2) is 6.29 Å². The van der Waals surface area contributed by atoms with Crippen molar-refractivity contribution in [3.05, 3.63) is 41.0 Å². The van der Waals surface area contributed by atoms with E-state index in [1.807, 2.05) is 0 Å². The van der Waals surface area contributed by atoms with E-state index in [9.17, 15) is 18.4 Å². The maximum atomic E-state index is 13.2. The Balaban J connectivity index is 2.97. The molecule has 1 N–H and O–H groups in total. The maximum absolute atomic E-state index is 13.2. The van der Waals surface area contributed by atoms with Gasteiger partial charge in [0.2, 0.25) is 0 Å². The zero-order valence-corrected chi connectivity index (χ0v) is 8.11. The van der Waals surface area contributed by atoms with Gasteiger partial charge in [-0.2, -0.15) is 0 Å². The van der Waals surface area contributed by atoms with Crippen molar-refractivity contribution < 1.29 is 23.5 Å². The number of carboxylic acid groups (broad SMARTS) is 1. The third-order valence-corrected chi connectivity index (χ3v) is 1.83. The van der Waals surface area contributed by atoms with E-state index in [4.69, 9.17) is 5.11 Å². The molecule has 3 nitrogen and oxygen atoms in total. The molecular formula is C11H8F2O3. The van der Waals surface area contributed by atoms with Gasteiger partial charge in [-0.15, -0.1) is 0 Å². The Morgan fingerprint density at radius 3 is 2.38 bits per heavy atom. The topological polar surface area (TPSA) is 54.4 Å². The van der Waals surface area contributed by atoms with Crippen LogP contribution in [0.3, 0.4) is 0 Å². The lowest BCUT2D eigenvalue weighted by Gasteiger charge is -1.99. The molecule has 1 aromatic carbocycles. The molecule has 0 atom stereocenters. The summed E-state index contributed by atoms with van der Waals surface area (Å²) in [6, 6.07) is 1.61. The Morgan fingerprint density at radius 1 is 1.25 bits per heavy atom. The highest BCUT2D eigenvalue weighted by atomic mass is 19.1. The van der Waals surface area contributed by atoms with E-state index in [2.05, 4.69) is 0 Å². The molecule has 0 unspecified atom stereocenters. The average molecular weight is 226 g/mol. The van der Waals surface area contributed by atoms with Crippen molar-refractivity contribution in [1.29, 1.82) is 0 Å². The highest BCUT2D eigenvalue weighted by Gasteiger charge is 2.07.